The van der Waals surface area contributed by atoms with Crippen LogP contribution in [0.5, 0.6) is 0 Å². The largest absolute Gasteiger partial charge is 0.373 e. The van der Waals surface area contributed by atoms with Crippen molar-refractivity contribution in [3.63, 3.8) is 0 Å². The van der Waals surface area contributed by atoms with E-state index in [2.05, 4.69) is 10.6 Å². The molecule has 27 heavy (non-hydrogen) atoms. The second-order valence-electron chi connectivity index (χ2n) is 8.96. The maximum absolute atomic E-state index is 7.21. The first-order valence-corrected chi connectivity index (χ1v) is 10.5. The summed E-state index contributed by atoms with van der Waals surface area (Å²) >= 11 is 0. The number of ether oxygens (including phenoxy) is 5. The molecular formula is C19H33N3O5. The van der Waals surface area contributed by atoms with Crippen molar-refractivity contribution in [2.75, 3.05) is 52.7 Å². The average molecular weight is 383 g/mol. The van der Waals surface area contributed by atoms with Gasteiger partial charge in [0.05, 0.1) is 63.6 Å². The van der Waals surface area contributed by atoms with Crippen LogP contribution in [0.25, 0.3) is 0 Å². The van der Waals surface area contributed by atoms with Gasteiger partial charge in [-0.05, 0) is 25.7 Å². The molecule has 0 saturated carbocycles. The van der Waals surface area contributed by atoms with Crippen LogP contribution < -0.4 is 16.4 Å². The van der Waals surface area contributed by atoms with Crippen LogP contribution in [0.3, 0.4) is 0 Å². The normalized spacial score (nSPS) is 40.1. The van der Waals surface area contributed by atoms with Crippen molar-refractivity contribution < 1.29 is 23.7 Å². The molecule has 0 radical (unpaired) electrons. The summed E-state index contributed by atoms with van der Waals surface area (Å²) in [5.74, 6) is 0. The third-order valence-electron chi connectivity index (χ3n) is 6.44. The number of nitrogens with two attached hydrogens (primary N) is 1. The van der Waals surface area contributed by atoms with Gasteiger partial charge in [-0.25, -0.2) is 0 Å². The Labute approximate surface area is 160 Å². The fraction of sp³-hybridized carbons (Fsp3) is 1.00. The van der Waals surface area contributed by atoms with Gasteiger partial charge in [0, 0.05) is 30.7 Å². The summed E-state index contributed by atoms with van der Waals surface area (Å²) in [6.45, 7) is 6.89. The minimum Gasteiger partial charge on any atom is -0.373 e. The highest BCUT2D eigenvalue weighted by Gasteiger charge is 2.57. The zero-order chi connectivity index (χ0) is 18.3. The van der Waals surface area contributed by atoms with Gasteiger partial charge in [-0.3, -0.25) is 0 Å². The van der Waals surface area contributed by atoms with Gasteiger partial charge in [0.25, 0.3) is 0 Å². The lowest BCUT2D eigenvalue weighted by atomic mass is 9.66. The predicted octanol–water partition coefficient (Wildman–Crippen LogP) is -0.844. The predicted molar refractivity (Wildman–Crippen MR) is 97.7 cm³/mol. The molecule has 0 spiro atoms. The van der Waals surface area contributed by atoms with Crippen LogP contribution in [-0.4, -0.2) is 94.3 Å². The number of nitrogens with one attached hydrogen (secondary N) is 2. The number of hydrogen-bond donors (Lipinski definition) is 3. The van der Waals surface area contributed by atoms with E-state index in [-0.39, 0.29) is 17.7 Å². The summed E-state index contributed by atoms with van der Waals surface area (Å²) in [4.78, 5) is 0. The molecule has 154 valence electrons. The van der Waals surface area contributed by atoms with E-state index in [1.165, 1.54) is 0 Å². The fourth-order valence-corrected chi connectivity index (χ4v) is 4.46. The molecule has 0 aromatic heterocycles. The second kappa shape index (κ2) is 7.50. The van der Waals surface area contributed by atoms with E-state index in [1.807, 2.05) is 0 Å². The lowest BCUT2D eigenvalue weighted by Gasteiger charge is -2.49. The molecule has 5 unspecified atom stereocenters. The van der Waals surface area contributed by atoms with Crippen LogP contribution in [0.1, 0.15) is 25.7 Å². The monoisotopic (exact) mass is 383 g/mol. The maximum atomic E-state index is 7.21. The van der Waals surface area contributed by atoms with Crippen LogP contribution in [0, 0.1) is 0 Å². The van der Waals surface area contributed by atoms with Gasteiger partial charge >= 0.3 is 0 Å². The van der Waals surface area contributed by atoms with Crippen molar-refractivity contribution in [3.05, 3.63) is 0 Å². The van der Waals surface area contributed by atoms with Gasteiger partial charge in [-0.1, -0.05) is 0 Å². The summed E-state index contributed by atoms with van der Waals surface area (Å²) in [6, 6.07) is 0. The van der Waals surface area contributed by atoms with Crippen molar-refractivity contribution in [3.8, 4) is 0 Å². The molecule has 5 rings (SSSR count). The molecule has 5 aliphatic rings. The van der Waals surface area contributed by atoms with Gasteiger partial charge in [-0.15, -0.1) is 0 Å². The van der Waals surface area contributed by atoms with Crippen molar-refractivity contribution in [1.29, 1.82) is 0 Å². The third kappa shape index (κ3) is 5.19. The Bertz CT molecular complexity index is 487. The molecule has 5 saturated heterocycles. The molecule has 8 nitrogen and oxygen atoms in total. The van der Waals surface area contributed by atoms with E-state index >= 15 is 0 Å². The molecular weight excluding hydrogens is 350 g/mol. The van der Waals surface area contributed by atoms with Crippen LogP contribution in [-0.2, 0) is 23.7 Å². The molecule has 0 bridgehead atoms. The number of hydrogen-bond acceptors (Lipinski definition) is 8. The zero-order valence-corrected chi connectivity index (χ0v) is 16.0. The van der Waals surface area contributed by atoms with Crippen molar-refractivity contribution >= 4 is 0 Å². The molecule has 5 fully saturated rings. The summed E-state index contributed by atoms with van der Waals surface area (Å²) in [5, 5.41) is 7.35. The molecule has 8 heteroatoms. The molecule has 5 atom stereocenters. The van der Waals surface area contributed by atoms with E-state index in [0.717, 1.165) is 78.4 Å². The minimum atomic E-state index is -0.396. The molecule has 0 aliphatic carbocycles. The Kier molecular flexibility index (Phi) is 5.19. The molecule has 5 aliphatic heterocycles. The third-order valence-corrected chi connectivity index (χ3v) is 6.44. The first-order valence-electron chi connectivity index (χ1n) is 10.5. The summed E-state index contributed by atoms with van der Waals surface area (Å²) in [7, 11) is 0. The summed E-state index contributed by atoms with van der Waals surface area (Å²) < 4.78 is 27.7. The quantitative estimate of drug-likeness (QED) is 0.248. The van der Waals surface area contributed by atoms with Crippen LogP contribution in [0.4, 0.5) is 0 Å². The van der Waals surface area contributed by atoms with E-state index in [0.29, 0.717) is 18.3 Å². The van der Waals surface area contributed by atoms with Gasteiger partial charge < -0.3 is 40.1 Å². The Morgan fingerprint density at radius 1 is 0.667 bits per heavy atom. The Balaban J connectivity index is 1.29. The number of epoxide rings is 5. The zero-order valence-electron chi connectivity index (χ0n) is 16.0. The highest BCUT2D eigenvalue weighted by molar-refractivity contribution is 5.15. The standard InChI is InChI=1S/C19H33N3O5/c20-18(3-13-8-23-13,4-14-9-24-14)19(5-15-10-25-15,6-16-11-26-16)22-2-1-21-7-17-12-27-17/h13-17,21-22H,1-12,20H2. The van der Waals surface area contributed by atoms with Crippen LogP contribution >= 0.6 is 0 Å². The van der Waals surface area contributed by atoms with E-state index in [4.69, 9.17) is 29.4 Å². The summed E-state index contributed by atoms with van der Waals surface area (Å²) in [5.41, 5.74) is 6.58. The highest BCUT2D eigenvalue weighted by atomic mass is 16.6. The van der Waals surface area contributed by atoms with Gasteiger partial charge in [0.2, 0.25) is 0 Å². The molecule has 5 heterocycles. The van der Waals surface area contributed by atoms with E-state index in [9.17, 15) is 0 Å². The van der Waals surface area contributed by atoms with Gasteiger partial charge in [-0.2, -0.15) is 0 Å². The maximum Gasteiger partial charge on any atom is 0.0933 e. The second-order valence-corrected chi connectivity index (χ2v) is 8.96. The van der Waals surface area contributed by atoms with Gasteiger partial charge in [0.1, 0.15) is 0 Å². The topological polar surface area (TPSA) is 113 Å². The molecule has 0 aromatic rings. The van der Waals surface area contributed by atoms with E-state index < -0.39 is 5.54 Å². The average Bonchev–Trinajstić information content (AvgIpc) is 3.42. The Morgan fingerprint density at radius 2 is 1.11 bits per heavy atom. The Hall–Kier alpha value is -0.320. The molecule has 0 amide bonds. The minimum absolute atomic E-state index is 0.231. The van der Waals surface area contributed by atoms with Crippen molar-refractivity contribution in [2.24, 2.45) is 5.73 Å². The lowest BCUT2D eigenvalue weighted by molar-refractivity contribution is 0.0871. The first-order chi connectivity index (χ1) is 13.1. The highest BCUT2D eigenvalue weighted by Crippen LogP contribution is 2.44. The lowest BCUT2D eigenvalue weighted by Crippen LogP contribution is -2.70. The smallest absolute Gasteiger partial charge is 0.0933 e. The fourth-order valence-electron chi connectivity index (χ4n) is 4.46. The SMILES string of the molecule is NC(CC1CO1)(CC1CO1)C(CC1CO1)(CC1CO1)NCCNCC1CO1. The van der Waals surface area contributed by atoms with Crippen LogP contribution in [0.2, 0.25) is 0 Å². The summed E-state index contributed by atoms with van der Waals surface area (Å²) in [6.07, 6.45) is 5.14. The van der Waals surface area contributed by atoms with Crippen LogP contribution in [0.15, 0.2) is 0 Å². The van der Waals surface area contributed by atoms with E-state index in [1.54, 1.807) is 0 Å². The Morgan fingerprint density at radius 3 is 1.56 bits per heavy atom. The van der Waals surface area contributed by atoms with Crippen molar-refractivity contribution in [2.45, 2.75) is 67.3 Å². The van der Waals surface area contributed by atoms with Gasteiger partial charge in [0.15, 0.2) is 0 Å². The van der Waals surface area contributed by atoms with Crippen molar-refractivity contribution in [1.82, 2.24) is 10.6 Å². The first kappa shape index (κ1) is 18.7. The molecule has 4 N–H and O–H groups in total. The number of rotatable bonds is 15. The molecule has 0 aromatic carbocycles.